The van der Waals surface area contributed by atoms with Gasteiger partial charge in [-0.05, 0) is 55.1 Å². The summed E-state index contributed by atoms with van der Waals surface area (Å²) in [6.45, 7) is 3.44. The molecular weight excluding hydrogens is 416 g/mol. The largest absolute Gasteiger partial charge is 0.497 e. The summed E-state index contributed by atoms with van der Waals surface area (Å²) in [5.41, 5.74) is 0.397. The molecule has 0 N–H and O–H groups in total. The number of imidazole rings is 1. The first-order valence-corrected chi connectivity index (χ1v) is 10.9. The number of anilines is 1. The fraction of sp³-hybridized carbons (Fsp3) is 0.474. The zero-order valence-electron chi connectivity index (χ0n) is 16.8. The van der Waals surface area contributed by atoms with Crippen molar-refractivity contribution >= 4 is 34.5 Å². The Balaban J connectivity index is 1.58. The maximum Gasteiger partial charge on any atom is 0.287 e. The number of hydrogen-bond acceptors (Lipinski definition) is 5. The van der Waals surface area contributed by atoms with E-state index in [0.29, 0.717) is 37.6 Å². The first-order valence-electron chi connectivity index (χ1n) is 9.48. The zero-order chi connectivity index (χ0) is 21.0. The van der Waals surface area contributed by atoms with Gasteiger partial charge in [0.15, 0.2) is 11.5 Å². The average molecular weight is 441 g/mol. The molecule has 1 amide bonds. The Bertz CT molecular complexity index is 887. The van der Waals surface area contributed by atoms with Crippen molar-refractivity contribution in [1.82, 2.24) is 13.9 Å². The number of rotatable bonds is 9. The number of carbonyl (C=O) groups excluding carboxylic acids is 1. The third kappa shape index (κ3) is 4.51. The highest BCUT2D eigenvalue weighted by atomic mass is 35.5. The lowest BCUT2D eigenvalue weighted by Crippen LogP contribution is -2.46. The van der Waals surface area contributed by atoms with E-state index in [4.69, 9.17) is 21.1 Å². The van der Waals surface area contributed by atoms with Gasteiger partial charge in [0, 0.05) is 20.1 Å². The number of unbranched alkanes of at least 4 members (excludes halogenated alkanes) is 1. The molecule has 8 nitrogen and oxygen atoms in total. The molecule has 2 aromatic rings. The number of aromatic nitrogens is 2. The van der Waals surface area contributed by atoms with Crippen LogP contribution in [0.4, 0.5) is 5.82 Å². The highest BCUT2D eigenvalue weighted by molar-refractivity contribution is 7.84. The minimum absolute atomic E-state index is 0.240. The lowest BCUT2D eigenvalue weighted by molar-refractivity contribution is 0.0850. The molecule has 0 aliphatic carbocycles. The van der Waals surface area contributed by atoms with Gasteiger partial charge in [-0.1, -0.05) is 6.92 Å². The quantitative estimate of drug-likeness (QED) is 0.559. The van der Waals surface area contributed by atoms with Crippen LogP contribution in [0.1, 0.15) is 36.7 Å². The van der Waals surface area contributed by atoms with Crippen molar-refractivity contribution in [2.24, 2.45) is 0 Å². The molecule has 0 saturated heterocycles. The molecule has 1 aromatic carbocycles. The highest BCUT2D eigenvalue weighted by Gasteiger charge is 2.38. The van der Waals surface area contributed by atoms with Crippen LogP contribution < -0.4 is 13.8 Å². The van der Waals surface area contributed by atoms with Gasteiger partial charge < -0.3 is 14.0 Å². The molecule has 1 aromatic heterocycles. The Hall–Kier alpha value is -2.26. The van der Waals surface area contributed by atoms with Crippen molar-refractivity contribution in [3.05, 3.63) is 35.2 Å². The molecule has 0 fully saturated rings. The molecule has 1 unspecified atom stereocenters. The second kappa shape index (κ2) is 9.49. The van der Waals surface area contributed by atoms with Gasteiger partial charge in [-0.3, -0.25) is 9.10 Å². The van der Waals surface area contributed by atoms with Gasteiger partial charge >= 0.3 is 0 Å². The number of hydrogen-bond donors (Lipinski definition) is 0. The molecule has 1 aliphatic heterocycles. The van der Waals surface area contributed by atoms with Crippen molar-refractivity contribution < 1.29 is 18.5 Å². The average Bonchev–Trinajstić information content (AvgIpc) is 3.05. The predicted molar refractivity (Wildman–Crippen MR) is 113 cm³/mol. The van der Waals surface area contributed by atoms with E-state index >= 15 is 0 Å². The number of carbonyl (C=O) groups is 1. The smallest absolute Gasteiger partial charge is 0.287 e. The lowest BCUT2D eigenvalue weighted by Gasteiger charge is -2.31. The molecular formula is C19H25ClN4O4S. The molecule has 0 spiro atoms. The maximum absolute atomic E-state index is 13.0. The highest BCUT2D eigenvalue weighted by Crippen LogP contribution is 2.31. The number of fused-ring (bicyclic) bond motifs is 1. The van der Waals surface area contributed by atoms with Gasteiger partial charge in [0.1, 0.15) is 11.5 Å². The fourth-order valence-corrected chi connectivity index (χ4v) is 4.42. The van der Waals surface area contributed by atoms with Crippen molar-refractivity contribution in [2.75, 3.05) is 31.6 Å². The number of ether oxygens (including phenoxy) is 2. The summed E-state index contributed by atoms with van der Waals surface area (Å²) < 4.78 is 28.1. The number of halogens is 1. The summed E-state index contributed by atoms with van der Waals surface area (Å²) in [6.07, 6.45) is 2.19. The van der Waals surface area contributed by atoms with Crippen LogP contribution in [0.3, 0.4) is 0 Å². The first-order chi connectivity index (χ1) is 14.0. The number of benzene rings is 1. The molecule has 0 radical (unpaired) electrons. The molecule has 10 heteroatoms. The summed E-state index contributed by atoms with van der Waals surface area (Å²) in [4.78, 5) is 17.2. The van der Waals surface area contributed by atoms with Crippen molar-refractivity contribution in [3.63, 3.8) is 0 Å². The summed E-state index contributed by atoms with van der Waals surface area (Å²) in [6, 6.07) is 7.36. The molecule has 0 saturated carbocycles. The predicted octanol–water partition coefficient (Wildman–Crippen LogP) is 3.29. The SMILES string of the molecule is CCCn1c(Cl)nc2c1C(=O)N(CCCCOc1ccc(OC)cc1)S(=O)N2C. The molecule has 1 atom stereocenters. The summed E-state index contributed by atoms with van der Waals surface area (Å²) in [5, 5.41) is 0.240. The normalized spacial score (nSPS) is 16.1. The molecule has 2 heterocycles. The number of amides is 1. The van der Waals surface area contributed by atoms with E-state index in [1.165, 1.54) is 8.61 Å². The van der Waals surface area contributed by atoms with Crippen LogP contribution >= 0.6 is 11.6 Å². The van der Waals surface area contributed by atoms with Crippen LogP contribution in [0.15, 0.2) is 24.3 Å². The van der Waals surface area contributed by atoms with Crippen molar-refractivity contribution in [2.45, 2.75) is 32.7 Å². The Morgan fingerprint density at radius 1 is 1.14 bits per heavy atom. The van der Waals surface area contributed by atoms with E-state index in [1.807, 2.05) is 31.2 Å². The number of methoxy groups -OCH3 is 1. The van der Waals surface area contributed by atoms with Gasteiger partial charge in [-0.2, -0.15) is 4.98 Å². The second-order valence-electron chi connectivity index (χ2n) is 6.57. The van der Waals surface area contributed by atoms with Gasteiger partial charge in [-0.15, -0.1) is 0 Å². The summed E-state index contributed by atoms with van der Waals surface area (Å²) in [7, 11) is 3.27. The Morgan fingerprint density at radius 2 is 1.83 bits per heavy atom. The van der Waals surface area contributed by atoms with Gasteiger partial charge in [0.2, 0.25) is 16.5 Å². The van der Waals surface area contributed by atoms with Crippen molar-refractivity contribution in [1.29, 1.82) is 0 Å². The summed E-state index contributed by atoms with van der Waals surface area (Å²) >= 11 is 4.56. The summed E-state index contributed by atoms with van der Waals surface area (Å²) in [5.74, 6) is 1.59. The van der Waals surface area contributed by atoms with Gasteiger partial charge in [0.05, 0.1) is 13.7 Å². The first kappa shape index (κ1) is 21.4. The van der Waals surface area contributed by atoms with E-state index in [1.54, 1.807) is 18.7 Å². The lowest BCUT2D eigenvalue weighted by atomic mass is 10.3. The van der Waals surface area contributed by atoms with E-state index in [0.717, 1.165) is 24.3 Å². The second-order valence-corrected chi connectivity index (χ2v) is 8.36. The topological polar surface area (TPSA) is 76.9 Å². The maximum atomic E-state index is 13.0. The molecule has 158 valence electrons. The van der Waals surface area contributed by atoms with Crippen LogP contribution in [0.25, 0.3) is 0 Å². The molecule has 1 aliphatic rings. The van der Waals surface area contributed by atoms with Crippen LogP contribution in [0, 0.1) is 0 Å². The van der Waals surface area contributed by atoms with E-state index < -0.39 is 11.2 Å². The van der Waals surface area contributed by atoms with E-state index in [-0.39, 0.29) is 11.2 Å². The molecule has 3 rings (SSSR count). The van der Waals surface area contributed by atoms with Gasteiger partial charge in [0.25, 0.3) is 5.91 Å². The fourth-order valence-electron chi connectivity index (χ4n) is 3.08. The standard InChI is InChI=1S/C19H25ClN4O4S/c1-4-11-23-16-17(21-19(23)20)22(2)29(26)24(18(16)25)12-5-6-13-28-15-9-7-14(27-3)8-10-15/h7-10H,4-6,11-13H2,1-3H3. The van der Waals surface area contributed by atoms with E-state index in [9.17, 15) is 9.00 Å². The Kier molecular flexibility index (Phi) is 7.02. The monoisotopic (exact) mass is 440 g/mol. The van der Waals surface area contributed by atoms with Gasteiger partial charge in [-0.25, -0.2) is 8.51 Å². The third-order valence-corrected chi connectivity index (χ3v) is 6.24. The van der Waals surface area contributed by atoms with Crippen LogP contribution in [0.2, 0.25) is 5.28 Å². The minimum atomic E-state index is -1.63. The zero-order valence-corrected chi connectivity index (χ0v) is 18.3. The molecule has 0 bridgehead atoms. The van der Waals surface area contributed by atoms with Crippen LogP contribution in [0.5, 0.6) is 11.5 Å². The Morgan fingerprint density at radius 3 is 2.48 bits per heavy atom. The van der Waals surface area contributed by atoms with Crippen LogP contribution in [-0.2, 0) is 17.7 Å². The minimum Gasteiger partial charge on any atom is -0.497 e. The molecule has 29 heavy (non-hydrogen) atoms. The number of nitrogens with zero attached hydrogens (tertiary/aromatic N) is 4. The Labute approximate surface area is 178 Å². The third-order valence-electron chi connectivity index (χ3n) is 4.58. The van der Waals surface area contributed by atoms with Crippen LogP contribution in [-0.4, -0.2) is 51.3 Å². The van der Waals surface area contributed by atoms with E-state index in [2.05, 4.69) is 4.98 Å². The van der Waals surface area contributed by atoms with Crippen molar-refractivity contribution in [3.8, 4) is 11.5 Å².